The molecule has 3 aromatic rings. The highest BCUT2D eigenvalue weighted by Crippen LogP contribution is 2.25. The number of carbonyl (C=O) groups excluding carboxylic acids is 2. The van der Waals surface area contributed by atoms with Gasteiger partial charge in [-0.2, -0.15) is 0 Å². The molecule has 0 unspecified atom stereocenters. The van der Waals surface area contributed by atoms with Crippen molar-refractivity contribution in [2.24, 2.45) is 5.92 Å². The molecular formula is C30H35N3O3. The van der Waals surface area contributed by atoms with E-state index in [2.05, 4.69) is 17.0 Å². The van der Waals surface area contributed by atoms with Crippen LogP contribution in [-0.4, -0.2) is 79.4 Å². The van der Waals surface area contributed by atoms with Gasteiger partial charge in [-0.1, -0.05) is 48.5 Å². The Labute approximate surface area is 213 Å². The topological polar surface area (TPSA) is 53.1 Å². The summed E-state index contributed by atoms with van der Waals surface area (Å²) in [7, 11) is 1.69. The third kappa shape index (κ3) is 5.39. The summed E-state index contributed by atoms with van der Waals surface area (Å²) in [6, 6.07) is 22.2. The molecule has 0 saturated carbocycles. The minimum absolute atomic E-state index is 0.0208. The fourth-order valence-corrected chi connectivity index (χ4v) is 5.44. The van der Waals surface area contributed by atoms with E-state index in [1.165, 1.54) is 5.56 Å². The summed E-state index contributed by atoms with van der Waals surface area (Å²) in [5, 5.41) is 2.07. The van der Waals surface area contributed by atoms with E-state index in [1.807, 2.05) is 64.4 Å². The molecule has 2 amide bonds. The highest BCUT2D eigenvalue weighted by atomic mass is 16.5. The van der Waals surface area contributed by atoms with Crippen LogP contribution in [0.4, 0.5) is 0 Å². The van der Waals surface area contributed by atoms with Gasteiger partial charge in [0.15, 0.2) is 0 Å². The van der Waals surface area contributed by atoms with E-state index in [0.717, 1.165) is 74.1 Å². The van der Waals surface area contributed by atoms with Crippen LogP contribution in [0.25, 0.3) is 10.8 Å². The molecule has 0 bridgehead atoms. The first-order valence-electron chi connectivity index (χ1n) is 13.0. The van der Waals surface area contributed by atoms with Crippen LogP contribution in [0.5, 0.6) is 5.75 Å². The second-order valence-corrected chi connectivity index (χ2v) is 9.86. The van der Waals surface area contributed by atoms with E-state index < -0.39 is 0 Å². The molecule has 2 aliphatic rings. The molecule has 2 aliphatic heterocycles. The van der Waals surface area contributed by atoms with Crippen LogP contribution >= 0.6 is 0 Å². The summed E-state index contributed by atoms with van der Waals surface area (Å²) in [5.74, 6) is 1.24. The summed E-state index contributed by atoms with van der Waals surface area (Å²) in [6.45, 7) is 5.69. The van der Waals surface area contributed by atoms with Crippen LogP contribution in [-0.2, 0) is 11.2 Å². The number of piperidine rings is 1. The largest absolute Gasteiger partial charge is 0.497 e. The Morgan fingerprint density at radius 2 is 1.50 bits per heavy atom. The standard InChI is InChI=1S/C30H35N3O3/c1-36-26-11-9-23(10-12-26)13-16-31-19-21-33(22-20-31)29(34)25-14-17-32(18-15-25)30(35)28-8-4-6-24-5-2-3-7-27(24)28/h2-12,25H,13-22H2,1H3. The molecular weight excluding hydrogens is 450 g/mol. The van der Waals surface area contributed by atoms with Gasteiger partial charge in [0.1, 0.15) is 5.75 Å². The first-order chi connectivity index (χ1) is 17.6. The van der Waals surface area contributed by atoms with Crippen molar-refractivity contribution < 1.29 is 14.3 Å². The van der Waals surface area contributed by atoms with Crippen LogP contribution < -0.4 is 4.74 Å². The monoisotopic (exact) mass is 485 g/mol. The van der Waals surface area contributed by atoms with Crippen LogP contribution in [0, 0.1) is 5.92 Å². The molecule has 0 N–H and O–H groups in total. The van der Waals surface area contributed by atoms with Gasteiger partial charge < -0.3 is 14.5 Å². The number of hydrogen-bond donors (Lipinski definition) is 0. The Bertz CT molecular complexity index is 1190. The molecule has 0 aliphatic carbocycles. The van der Waals surface area contributed by atoms with Gasteiger partial charge in [0, 0.05) is 57.3 Å². The number of carbonyl (C=O) groups is 2. The lowest BCUT2D eigenvalue weighted by Crippen LogP contribution is -2.52. The maximum Gasteiger partial charge on any atom is 0.254 e. The van der Waals surface area contributed by atoms with Gasteiger partial charge in [0.2, 0.25) is 5.91 Å². The molecule has 6 heteroatoms. The van der Waals surface area contributed by atoms with Crippen LogP contribution in [0.15, 0.2) is 66.7 Å². The molecule has 2 saturated heterocycles. The number of benzene rings is 3. The molecule has 2 heterocycles. The summed E-state index contributed by atoms with van der Waals surface area (Å²) in [5.41, 5.74) is 2.06. The van der Waals surface area contributed by atoms with Gasteiger partial charge >= 0.3 is 0 Å². The first-order valence-corrected chi connectivity index (χ1v) is 13.0. The lowest BCUT2D eigenvalue weighted by Gasteiger charge is -2.38. The maximum atomic E-state index is 13.2. The average Bonchev–Trinajstić information content (AvgIpc) is 2.95. The zero-order valence-corrected chi connectivity index (χ0v) is 21.1. The first kappa shape index (κ1) is 24.3. The van der Waals surface area contributed by atoms with E-state index in [9.17, 15) is 9.59 Å². The summed E-state index contributed by atoms with van der Waals surface area (Å²) < 4.78 is 5.23. The van der Waals surface area contributed by atoms with Crippen molar-refractivity contribution >= 4 is 22.6 Å². The Balaban J connectivity index is 1.08. The molecule has 5 rings (SSSR count). The average molecular weight is 486 g/mol. The quantitative estimate of drug-likeness (QED) is 0.528. The lowest BCUT2D eigenvalue weighted by molar-refractivity contribution is -0.138. The number of methoxy groups -OCH3 is 1. The van der Waals surface area contributed by atoms with Gasteiger partial charge in [0.25, 0.3) is 5.91 Å². The van der Waals surface area contributed by atoms with Crippen molar-refractivity contribution in [2.75, 3.05) is 52.9 Å². The number of piperazine rings is 1. The van der Waals surface area contributed by atoms with E-state index in [-0.39, 0.29) is 17.7 Å². The number of rotatable bonds is 6. The molecule has 0 radical (unpaired) electrons. The van der Waals surface area contributed by atoms with Crippen LogP contribution in [0.1, 0.15) is 28.8 Å². The predicted octanol–water partition coefficient (Wildman–Crippen LogP) is 4.09. The molecule has 2 fully saturated rings. The number of fused-ring (bicyclic) bond motifs is 1. The number of likely N-dealkylation sites (tertiary alicyclic amines) is 1. The highest BCUT2D eigenvalue weighted by molar-refractivity contribution is 6.07. The van der Waals surface area contributed by atoms with Crippen molar-refractivity contribution in [1.29, 1.82) is 0 Å². The zero-order valence-electron chi connectivity index (χ0n) is 21.1. The minimum atomic E-state index is 0.0208. The Kier molecular flexibility index (Phi) is 7.52. The van der Waals surface area contributed by atoms with Gasteiger partial charge in [0.05, 0.1) is 7.11 Å². The van der Waals surface area contributed by atoms with Gasteiger partial charge in [-0.3, -0.25) is 14.5 Å². The molecule has 0 aromatic heterocycles. The Morgan fingerprint density at radius 3 is 2.22 bits per heavy atom. The van der Waals surface area contributed by atoms with E-state index >= 15 is 0 Å². The lowest BCUT2D eigenvalue weighted by atomic mass is 9.94. The summed E-state index contributed by atoms with van der Waals surface area (Å²) in [4.78, 5) is 32.9. The smallest absolute Gasteiger partial charge is 0.254 e. The van der Waals surface area contributed by atoms with Crippen molar-refractivity contribution in [1.82, 2.24) is 14.7 Å². The normalized spacial score (nSPS) is 17.4. The molecule has 0 atom stereocenters. The molecule has 188 valence electrons. The van der Waals surface area contributed by atoms with Gasteiger partial charge in [-0.25, -0.2) is 0 Å². The molecule has 3 aromatic carbocycles. The summed E-state index contributed by atoms with van der Waals surface area (Å²) >= 11 is 0. The fourth-order valence-electron chi connectivity index (χ4n) is 5.44. The molecule has 6 nitrogen and oxygen atoms in total. The molecule has 36 heavy (non-hydrogen) atoms. The highest BCUT2D eigenvalue weighted by Gasteiger charge is 2.32. The van der Waals surface area contributed by atoms with Crippen LogP contribution in [0.2, 0.25) is 0 Å². The maximum absolute atomic E-state index is 13.2. The predicted molar refractivity (Wildman–Crippen MR) is 142 cm³/mol. The molecule has 0 spiro atoms. The number of hydrogen-bond acceptors (Lipinski definition) is 4. The third-order valence-corrected chi connectivity index (χ3v) is 7.71. The van der Waals surface area contributed by atoms with Crippen molar-refractivity contribution in [3.8, 4) is 5.75 Å². The Hall–Kier alpha value is -3.38. The fraction of sp³-hybridized carbons (Fsp3) is 0.400. The summed E-state index contributed by atoms with van der Waals surface area (Å²) in [6.07, 6.45) is 2.49. The van der Waals surface area contributed by atoms with E-state index in [4.69, 9.17) is 4.74 Å². The van der Waals surface area contributed by atoms with Crippen molar-refractivity contribution in [3.05, 3.63) is 77.9 Å². The second kappa shape index (κ2) is 11.1. The minimum Gasteiger partial charge on any atom is -0.497 e. The van der Waals surface area contributed by atoms with Gasteiger partial charge in [-0.05, 0) is 53.8 Å². The number of amides is 2. The van der Waals surface area contributed by atoms with E-state index in [1.54, 1.807) is 7.11 Å². The second-order valence-electron chi connectivity index (χ2n) is 9.86. The van der Waals surface area contributed by atoms with Crippen molar-refractivity contribution in [2.45, 2.75) is 19.3 Å². The van der Waals surface area contributed by atoms with Gasteiger partial charge in [-0.15, -0.1) is 0 Å². The van der Waals surface area contributed by atoms with E-state index in [0.29, 0.717) is 13.1 Å². The zero-order chi connectivity index (χ0) is 24.9. The Morgan fingerprint density at radius 1 is 0.806 bits per heavy atom. The number of ether oxygens (including phenoxy) is 1. The van der Waals surface area contributed by atoms with Crippen LogP contribution in [0.3, 0.4) is 0 Å². The van der Waals surface area contributed by atoms with Crippen molar-refractivity contribution in [3.63, 3.8) is 0 Å². The SMILES string of the molecule is COc1ccc(CCN2CCN(C(=O)C3CCN(C(=O)c4cccc5ccccc45)CC3)CC2)cc1. The number of nitrogens with zero attached hydrogens (tertiary/aromatic N) is 3. The third-order valence-electron chi connectivity index (χ3n) is 7.71.